The lowest BCUT2D eigenvalue weighted by Crippen LogP contribution is -2.51. The molecule has 2 heterocycles. The maximum Gasteiger partial charge on any atom is 0.257 e. The van der Waals surface area contributed by atoms with Gasteiger partial charge in [0.2, 0.25) is 5.90 Å². The number of nitrogens with one attached hydrogen (secondary N) is 2. The van der Waals surface area contributed by atoms with E-state index in [1.54, 1.807) is 37.1 Å². The van der Waals surface area contributed by atoms with Crippen LogP contribution in [0.4, 0.5) is 0 Å². The van der Waals surface area contributed by atoms with Gasteiger partial charge >= 0.3 is 0 Å². The summed E-state index contributed by atoms with van der Waals surface area (Å²) in [7, 11) is 0. The first kappa shape index (κ1) is 20.2. The second-order valence-electron chi connectivity index (χ2n) is 8.61. The maximum atomic E-state index is 13.4. The lowest BCUT2D eigenvalue weighted by molar-refractivity contribution is -0.0225. The van der Waals surface area contributed by atoms with Crippen LogP contribution < -0.4 is 0 Å². The van der Waals surface area contributed by atoms with E-state index in [4.69, 9.17) is 15.6 Å². The lowest BCUT2D eigenvalue weighted by Gasteiger charge is -2.37. The van der Waals surface area contributed by atoms with Crippen LogP contribution in [0.3, 0.4) is 0 Å². The molecule has 1 unspecified atom stereocenters. The summed E-state index contributed by atoms with van der Waals surface area (Å²) in [6, 6.07) is 8.77. The van der Waals surface area contributed by atoms with Crippen molar-refractivity contribution in [3.8, 4) is 11.1 Å². The predicted octanol–water partition coefficient (Wildman–Crippen LogP) is 3.59. The van der Waals surface area contributed by atoms with Crippen LogP contribution in [0.25, 0.3) is 11.1 Å². The number of hydrogen-bond acceptors (Lipinski definition) is 6. The molecule has 1 aliphatic carbocycles. The van der Waals surface area contributed by atoms with E-state index < -0.39 is 5.60 Å². The van der Waals surface area contributed by atoms with Crippen molar-refractivity contribution in [3.05, 3.63) is 53.3 Å². The van der Waals surface area contributed by atoms with Gasteiger partial charge in [-0.1, -0.05) is 12.1 Å². The van der Waals surface area contributed by atoms with Crippen LogP contribution in [0.1, 0.15) is 55.2 Å². The molecule has 1 saturated carbocycles. The third-order valence-electron chi connectivity index (χ3n) is 5.67. The molecule has 156 valence electrons. The molecular weight excluding hydrogens is 380 g/mol. The van der Waals surface area contributed by atoms with E-state index in [9.17, 15) is 9.90 Å². The molecule has 0 bridgehead atoms. The monoisotopic (exact) mass is 406 g/mol. The normalized spacial score (nSPS) is 16.9. The largest absolute Gasteiger partial charge is 0.426 e. The van der Waals surface area contributed by atoms with Gasteiger partial charge in [0.1, 0.15) is 0 Å². The Kier molecular flexibility index (Phi) is 4.94. The molecule has 30 heavy (non-hydrogen) atoms. The second kappa shape index (κ2) is 7.32. The van der Waals surface area contributed by atoms with E-state index in [-0.39, 0.29) is 23.7 Å². The summed E-state index contributed by atoms with van der Waals surface area (Å²) in [6.45, 7) is 5.42. The minimum atomic E-state index is -0.978. The van der Waals surface area contributed by atoms with Gasteiger partial charge in [0.25, 0.3) is 5.91 Å². The average Bonchev–Trinajstić information content (AvgIpc) is 3.44. The summed E-state index contributed by atoms with van der Waals surface area (Å²) < 4.78 is 5.05. The molecule has 4 rings (SSSR count). The molecule has 7 heteroatoms. The summed E-state index contributed by atoms with van der Waals surface area (Å²) in [6.07, 6.45) is 3.76. The topological polar surface area (TPSA) is 110 Å². The zero-order chi connectivity index (χ0) is 21.6. The Morgan fingerprint density at radius 3 is 2.47 bits per heavy atom. The van der Waals surface area contributed by atoms with Crippen LogP contribution in [0.15, 0.2) is 36.5 Å². The Morgan fingerprint density at radius 2 is 1.90 bits per heavy atom. The minimum absolute atomic E-state index is 0.0428. The fourth-order valence-electron chi connectivity index (χ4n) is 4.34. The molecule has 3 N–H and O–H groups in total. The van der Waals surface area contributed by atoms with Crippen LogP contribution in [0.2, 0.25) is 0 Å². The predicted molar refractivity (Wildman–Crippen MR) is 114 cm³/mol. The van der Waals surface area contributed by atoms with Crippen molar-refractivity contribution in [2.75, 3.05) is 0 Å². The van der Waals surface area contributed by atoms with Crippen LogP contribution in [0.5, 0.6) is 0 Å². The summed E-state index contributed by atoms with van der Waals surface area (Å²) in [5.41, 5.74) is 2.53. The highest BCUT2D eigenvalue weighted by molar-refractivity contribution is 6.04. The van der Waals surface area contributed by atoms with Crippen molar-refractivity contribution in [1.82, 2.24) is 9.88 Å². The van der Waals surface area contributed by atoms with Crippen LogP contribution >= 0.6 is 0 Å². The first-order valence-corrected chi connectivity index (χ1v) is 10.1. The third-order valence-corrected chi connectivity index (χ3v) is 5.67. The number of rotatable bonds is 5. The zero-order valence-corrected chi connectivity index (χ0v) is 17.4. The quantitative estimate of drug-likeness (QED) is 0.520. The third kappa shape index (κ3) is 3.73. The van der Waals surface area contributed by atoms with Gasteiger partial charge in [0.05, 0.1) is 29.4 Å². The number of aromatic nitrogens is 1. The van der Waals surface area contributed by atoms with Crippen molar-refractivity contribution in [2.45, 2.75) is 51.8 Å². The number of fused-ring (bicyclic) bond motifs is 1. The minimum Gasteiger partial charge on any atom is -0.426 e. The Balaban J connectivity index is 1.65. The summed E-state index contributed by atoms with van der Waals surface area (Å²) in [4.78, 5) is 19.6. The lowest BCUT2D eigenvalue weighted by atomic mass is 9.92. The number of carbonyl (C=O) groups is 1. The van der Waals surface area contributed by atoms with E-state index in [1.807, 2.05) is 18.2 Å². The highest BCUT2D eigenvalue weighted by Gasteiger charge is 2.48. The fraction of sp³-hybridized carbons (Fsp3) is 0.391. The molecule has 2 aromatic rings. The molecule has 1 aliphatic heterocycles. The van der Waals surface area contributed by atoms with Gasteiger partial charge < -0.3 is 14.7 Å². The molecule has 1 aromatic heterocycles. The van der Waals surface area contributed by atoms with Gasteiger partial charge in [-0.2, -0.15) is 0 Å². The van der Waals surface area contributed by atoms with Gasteiger partial charge in [0.15, 0.2) is 5.90 Å². The number of carbonyl (C=O) groups excluding carboxylic acids is 1. The molecule has 1 atom stereocenters. The summed E-state index contributed by atoms with van der Waals surface area (Å²) >= 11 is 0. The highest BCUT2D eigenvalue weighted by Crippen LogP contribution is 2.43. The van der Waals surface area contributed by atoms with Crippen molar-refractivity contribution >= 4 is 17.7 Å². The van der Waals surface area contributed by atoms with Gasteiger partial charge in [-0.15, -0.1) is 0 Å². The molecular formula is C23H26N4O3. The van der Waals surface area contributed by atoms with Crippen molar-refractivity contribution in [1.29, 1.82) is 10.8 Å². The van der Waals surface area contributed by atoms with Gasteiger partial charge in [-0.3, -0.25) is 20.6 Å². The molecule has 1 amide bonds. The number of ether oxygens (including phenoxy) is 1. The number of hydrogen-bond donors (Lipinski definition) is 3. The molecule has 7 nitrogen and oxygen atoms in total. The van der Waals surface area contributed by atoms with Gasteiger partial charge in [-0.05, 0) is 61.9 Å². The van der Waals surface area contributed by atoms with Crippen LogP contribution in [0, 0.1) is 16.7 Å². The van der Waals surface area contributed by atoms with Gasteiger partial charge in [-0.25, -0.2) is 0 Å². The summed E-state index contributed by atoms with van der Waals surface area (Å²) in [5.74, 6) is 0.105. The smallest absolute Gasteiger partial charge is 0.257 e. The van der Waals surface area contributed by atoms with Gasteiger partial charge in [0, 0.05) is 18.7 Å². The number of aliphatic hydroxyl groups is 1. The van der Waals surface area contributed by atoms with E-state index in [1.165, 1.54) is 6.92 Å². The first-order chi connectivity index (χ1) is 14.2. The number of amides is 1. The van der Waals surface area contributed by atoms with Crippen molar-refractivity contribution < 1.29 is 14.6 Å². The number of pyridine rings is 1. The standard InChI is InChI=1S/C23H26N4O3/c1-13(24)30-21(25)16-8-4-14(5-9-16)17-10-11-26-18-12-27(22(28)19(17)18)20(15-6-7-15)23(2,3)29/h4-5,8-11,15,20,24-25,29H,6-7,12H2,1-3H3. The zero-order valence-electron chi connectivity index (χ0n) is 17.4. The Bertz CT molecular complexity index is 1020. The average molecular weight is 406 g/mol. The van der Waals surface area contributed by atoms with Crippen LogP contribution in [-0.2, 0) is 11.3 Å². The SMILES string of the molecule is CC(=N)OC(=N)c1ccc(-c2ccnc3c2C(=O)N(C(C2CC2)C(C)(C)O)C3)cc1. The van der Waals surface area contributed by atoms with E-state index >= 15 is 0 Å². The molecule has 0 spiro atoms. The van der Waals surface area contributed by atoms with E-state index in [2.05, 4.69) is 4.98 Å². The summed E-state index contributed by atoms with van der Waals surface area (Å²) in [5, 5.41) is 26.0. The molecule has 0 saturated heterocycles. The Hall–Kier alpha value is -3.06. The Morgan fingerprint density at radius 1 is 1.23 bits per heavy atom. The first-order valence-electron chi connectivity index (χ1n) is 10.1. The molecule has 1 aromatic carbocycles. The molecule has 0 radical (unpaired) electrons. The fourth-order valence-corrected chi connectivity index (χ4v) is 4.34. The van der Waals surface area contributed by atoms with Crippen molar-refractivity contribution in [2.24, 2.45) is 5.92 Å². The Labute approximate surface area is 175 Å². The maximum absolute atomic E-state index is 13.4. The van der Waals surface area contributed by atoms with E-state index in [0.29, 0.717) is 23.6 Å². The molecule has 2 aliphatic rings. The van der Waals surface area contributed by atoms with E-state index in [0.717, 1.165) is 29.7 Å². The number of benzene rings is 1. The number of nitrogens with zero attached hydrogens (tertiary/aromatic N) is 2. The van der Waals surface area contributed by atoms with Crippen LogP contribution in [-0.4, -0.2) is 44.3 Å². The highest BCUT2D eigenvalue weighted by atomic mass is 16.5. The molecule has 1 fully saturated rings. The van der Waals surface area contributed by atoms with Crippen molar-refractivity contribution in [3.63, 3.8) is 0 Å². The second-order valence-corrected chi connectivity index (χ2v) is 8.61.